The van der Waals surface area contributed by atoms with Crippen molar-refractivity contribution in [3.05, 3.63) is 51.9 Å². The minimum absolute atomic E-state index is 0.336. The number of benzene rings is 1. The van der Waals surface area contributed by atoms with Gasteiger partial charge in [0, 0.05) is 5.69 Å². The molecule has 0 saturated heterocycles. The topological polar surface area (TPSA) is 49.6 Å². The Morgan fingerprint density at radius 1 is 1.25 bits per heavy atom. The normalized spacial score (nSPS) is 10.8. The molecule has 2 rings (SSSR count). The number of nitrogens with one attached hydrogen (secondary N) is 2. The zero-order chi connectivity index (χ0) is 14.5. The maximum Gasteiger partial charge on any atom is 0.191 e. The first kappa shape index (κ1) is 14.8. The first-order chi connectivity index (χ1) is 9.54. The third-order valence-electron chi connectivity index (χ3n) is 2.30. The Bertz CT molecular complexity index is 655. The van der Waals surface area contributed by atoms with E-state index < -0.39 is 0 Å². The largest absolute Gasteiger partial charge is 0.460 e. The summed E-state index contributed by atoms with van der Waals surface area (Å²) in [4.78, 5) is 0. The Labute approximate surface area is 131 Å². The van der Waals surface area contributed by atoms with Crippen LogP contribution in [0.4, 0.5) is 5.69 Å². The van der Waals surface area contributed by atoms with Crippen molar-refractivity contribution in [1.29, 1.82) is 0 Å². The van der Waals surface area contributed by atoms with E-state index in [1.54, 1.807) is 18.2 Å². The molecule has 0 unspecified atom stereocenters. The number of anilines is 1. The van der Waals surface area contributed by atoms with Crippen LogP contribution in [-0.2, 0) is 0 Å². The van der Waals surface area contributed by atoms with Crippen LogP contribution in [0.2, 0.25) is 10.0 Å². The number of furan rings is 1. The van der Waals surface area contributed by atoms with Crippen LogP contribution in [0.3, 0.4) is 0 Å². The van der Waals surface area contributed by atoms with Gasteiger partial charge in [0.15, 0.2) is 5.11 Å². The van der Waals surface area contributed by atoms with E-state index in [1.165, 1.54) is 6.21 Å². The first-order valence-corrected chi connectivity index (χ1v) is 6.82. The maximum absolute atomic E-state index is 5.91. The molecule has 4 nitrogen and oxygen atoms in total. The van der Waals surface area contributed by atoms with Crippen LogP contribution in [0, 0.1) is 6.92 Å². The summed E-state index contributed by atoms with van der Waals surface area (Å²) in [5.41, 5.74) is 3.40. The predicted octanol–water partition coefficient (Wildman–Crippen LogP) is 4.22. The molecule has 0 amide bonds. The standard InChI is InChI=1S/C13H11Cl2N3OS/c1-8-2-4-10(19-8)7-16-18-13(20)17-9-3-5-11(14)12(15)6-9/h2-7H,1H3,(H2,17,18,20)/b16-7-. The number of nitrogens with zero attached hydrogens (tertiary/aromatic N) is 1. The molecular weight excluding hydrogens is 317 g/mol. The summed E-state index contributed by atoms with van der Waals surface area (Å²) in [5.74, 6) is 1.47. The van der Waals surface area contributed by atoms with Gasteiger partial charge in [-0.15, -0.1) is 0 Å². The van der Waals surface area contributed by atoms with E-state index in [0.29, 0.717) is 20.9 Å². The van der Waals surface area contributed by atoms with Crippen LogP contribution in [-0.4, -0.2) is 11.3 Å². The van der Waals surface area contributed by atoms with Crippen molar-refractivity contribution in [2.24, 2.45) is 5.10 Å². The second-order valence-corrected chi connectivity index (χ2v) is 5.12. The molecule has 1 heterocycles. The smallest absolute Gasteiger partial charge is 0.191 e. The zero-order valence-electron chi connectivity index (χ0n) is 10.5. The first-order valence-electron chi connectivity index (χ1n) is 5.66. The summed E-state index contributed by atoms with van der Waals surface area (Å²) < 4.78 is 5.33. The van der Waals surface area contributed by atoms with Crippen molar-refractivity contribution < 1.29 is 4.42 Å². The second kappa shape index (κ2) is 6.74. The molecule has 104 valence electrons. The van der Waals surface area contributed by atoms with Crippen LogP contribution in [0.15, 0.2) is 39.9 Å². The van der Waals surface area contributed by atoms with Crippen LogP contribution >= 0.6 is 35.4 Å². The quantitative estimate of drug-likeness (QED) is 0.503. The molecule has 0 bridgehead atoms. The molecule has 7 heteroatoms. The van der Waals surface area contributed by atoms with Gasteiger partial charge in [-0.25, -0.2) is 0 Å². The van der Waals surface area contributed by atoms with Crippen LogP contribution in [0.25, 0.3) is 0 Å². The van der Waals surface area contributed by atoms with Gasteiger partial charge in [-0.3, -0.25) is 5.43 Å². The van der Waals surface area contributed by atoms with E-state index in [9.17, 15) is 0 Å². The molecule has 1 aromatic carbocycles. The summed E-state index contributed by atoms with van der Waals surface area (Å²) in [5, 5.41) is 8.17. The molecule has 20 heavy (non-hydrogen) atoms. The summed E-state index contributed by atoms with van der Waals surface area (Å²) in [6, 6.07) is 8.80. The highest BCUT2D eigenvalue weighted by atomic mass is 35.5. The Morgan fingerprint density at radius 2 is 2.05 bits per heavy atom. The van der Waals surface area contributed by atoms with Gasteiger partial charge >= 0.3 is 0 Å². The van der Waals surface area contributed by atoms with Crippen molar-refractivity contribution in [1.82, 2.24) is 5.43 Å². The highest BCUT2D eigenvalue weighted by Crippen LogP contribution is 2.24. The molecule has 2 aromatic rings. The van der Waals surface area contributed by atoms with Crippen LogP contribution < -0.4 is 10.7 Å². The fourth-order valence-electron chi connectivity index (χ4n) is 1.41. The summed E-state index contributed by atoms with van der Waals surface area (Å²) in [6.45, 7) is 1.86. The van der Waals surface area contributed by atoms with E-state index >= 15 is 0 Å². The maximum atomic E-state index is 5.91. The van der Waals surface area contributed by atoms with Gasteiger partial charge < -0.3 is 9.73 Å². The van der Waals surface area contributed by atoms with E-state index in [-0.39, 0.29) is 0 Å². The van der Waals surface area contributed by atoms with Gasteiger partial charge in [0.25, 0.3) is 0 Å². The molecule has 0 radical (unpaired) electrons. The van der Waals surface area contributed by atoms with Crippen molar-refractivity contribution >= 4 is 52.4 Å². The Morgan fingerprint density at radius 3 is 2.70 bits per heavy atom. The Balaban J connectivity index is 1.89. The molecule has 2 N–H and O–H groups in total. The van der Waals surface area contributed by atoms with Gasteiger partial charge in [0.1, 0.15) is 11.5 Å². The summed E-state index contributed by atoms with van der Waals surface area (Å²) >= 11 is 16.8. The van der Waals surface area contributed by atoms with Gasteiger partial charge in [0.05, 0.1) is 16.3 Å². The SMILES string of the molecule is Cc1ccc(/C=N\NC(=S)Nc2ccc(Cl)c(Cl)c2)o1. The number of hydrogen-bond donors (Lipinski definition) is 2. The molecule has 0 aliphatic heterocycles. The minimum atomic E-state index is 0.336. The number of aryl methyl sites for hydroxylation is 1. The number of halogens is 2. The Kier molecular flexibility index (Phi) is 5.00. The average Bonchev–Trinajstić information content (AvgIpc) is 2.80. The van der Waals surface area contributed by atoms with Gasteiger partial charge in [-0.05, 0) is 49.5 Å². The highest BCUT2D eigenvalue weighted by Gasteiger charge is 2.01. The van der Waals surface area contributed by atoms with Crippen molar-refractivity contribution in [3.8, 4) is 0 Å². The fraction of sp³-hybridized carbons (Fsp3) is 0.0769. The molecule has 1 aromatic heterocycles. The lowest BCUT2D eigenvalue weighted by atomic mass is 10.3. The summed E-state index contributed by atoms with van der Waals surface area (Å²) in [6.07, 6.45) is 1.54. The predicted molar refractivity (Wildman–Crippen MR) is 86.9 cm³/mol. The lowest BCUT2D eigenvalue weighted by molar-refractivity contribution is 0.527. The molecule has 0 spiro atoms. The minimum Gasteiger partial charge on any atom is -0.460 e. The second-order valence-electron chi connectivity index (χ2n) is 3.90. The number of hydrazone groups is 1. The van der Waals surface area contributed by atoms with E-state index in [4.69, 9.17) is 39.8 Å². The van der Waals surface area contributed by atoms with Gasteiger partial charge in [-0.1, -0.05) is 23.2 Å². The number of thiocarbonyl (C=S) groups is 1. The van der Waals surface area contributed by atoms with Crippen LogP contribution in [0.5, 0.6) is 0 Å². The monoisotopic (exact) mass is 327 g/mol. The molecule has 0 aliphatic carbocycles. The fourth-order valence-corrected chi connectivity index (χ4v) is 1.88. The number of hydrogen-bond acceptors (Lipinski definition) is 3. The van der Waals surface area contributed by atoms with E-state index in [0.717, 1.165) is 11.4 Å². The molecule has 0 aliphatic rings. The third-order valence-corrected chi connectivity index (χ3v) is 3.23. The third kappa shape index (κ3) is 4.23. The van der Waals surface area contributed by atoms with E-state index in [1.807, 2.05) is 19.1 Å². The molecule has 0 fully saturated rings. The molecule has 0 atom stereocenters. The summed E-state index contributed by atoms with van der Waals surface area (Å²) in [7, 11) is 0. The van der Waals surface area contributed by atoms with Crippen LogP contribution in [0.1, 0.15) is 11.5 Å². The van der Waals surface area contributed by atoms with Crippen molar-refractivity contribution in [2.45, 2.75) is 6.92 Å². The highest BCUT2D eigenvalue weighted by molar-refractivity contribution is 7.80. The van der Waals surface area contributed by atoms with Gasteiger partial charge in [-0.2, -0.15) is 5.10 Å². The molecule has 0 saturated carbocycles. The zero-order valence-corrected chi connectivity index (χ0v) is 12.8. The average molecular weight is 328 g/mol. The molecular formula is C13H11Cl2N3OS. The van der Waals surface area contributed by atoms with Gasteiger partial charge in [0.2, 0.25) is 0 Å². The number of rotatable bonds is 3. The Hall–Kier alpha value is -1.56. The lowest BCUT2D eigenvalue weighted by Gasteiger charge is -2.07. The van der Waals surface area contributed by atoms with E-state index in [2.05, 4.69) is 15.8 Å². The lowest BCUT2D eigenvalue weighted by Crippen LogP contribution is -2.23. The van der Waals surface area contributed by atoms with Crippen molar-refractivity contribution in [2.75, 3.05) is 5.32 Å². The van der Waals surface area contributed by atoms with Crippen molar-refractivity contribution in [3.63, 3.8) is 0 Å².